The number of carbonyl (C=O) groups is 1. The van der Waals surface area contributed by atoms with Crippen molar-refractivity contribution in [3.05, 3.63) is 107 Å². The quantitative estimate of drug-likeness (QED) is 0.278. The van der Waals surface area contributed by atoms with Crippen LogP contribution in [0, 0.1) is 20.8 Å². The maximum atomic E-state index is 13.1. The average Bonchev–Trinajstić information content (AvgIpc) is 3.42. The number of amides is 1. The Morgan fingerprint density at radius 2 is 1.82 bits per heavy atom. The van der Waals surface area contributed by atoms with Crippen LogP contribution in [0.4, 0.5) is 5.69 Å². The lowest BCUT2D eigenvalue weighted by Gasteiger charge is -2.28. The second-order valence-electron chi connectivity index (χ2n) is 9.98. The molecule has 0 aliphatic carbocycles. The number of aryl methyl sites for hydroxylation is 3. The summed E-state index contributed by atoms with van der Waals surface area (Å²) in [7, 11) is 0. The number of rotatable bonds is 8. The second kappa shape index (κ2) is 11.4. The van der Waals surface area contributed by atoms with Crippen LogP contribution in [0.1, 0.15) is 59.2 Å². The van der Waals surface area contributed by atoms with Gasteiger partial charge in [-0.1, -0.05) is 31.2 Å². The molecule has 2 atom stereocenters. The van der Waals surface area contributed by atoms with Crippen LogP contribution in [-0.2, 0) is 11.2 Å². The highest BCUT2D eigenvalue weighted by Crippen LogP contribution is 2.41. The largest absolute Gasteiger partial charge is 0.352 e. The molecule has 1 aliphatic heterocycles. The number of thiocarbonyl (C=S) groups is 1. The highest BCUT2D eigenvalue weighted by Gasteiger charge is 2.41. The van der Waals surface area contributed by atoms with E-state index in [9.17, 15) is 4.79 Å². The molecule has 4 heterocycles. The van der Waals surface area contributed by atoms with Crippen molar-refractivity contribution in [2.45, 2.75) is 52.6 Å². The van der Waals surface area contributed by atoms with E-state index in [4.69, 9.17) is 12.2 Å². The van der Waals surface area contributed by atoms with Crippen molar-refractivity contribution in [3.63, 3.8) is 0 Å². The number of para-hydroxylation sites is 1. The topological polar surface area (TPSA) is 75.1 Å². The zero-order valence-electron chi connectivity index (χ0n) is 22.8. The van der Waals surface area contributed by atoms with Gasteiger partial charge in [0, 0.05) is 42.4 Å². The van der Waals surface area contributed by atoms with Crippen molar-refractivity contribution in [1.29, 1.82) is 0 Å². The Labute approximate surface area is 235 Å². The lowest BCUT2D eigenvalue weighted by molar-refractivity contribution is -0.116. The Bertz CT molecular complexity index is 1500. The van der Waals surface area contributed by atoms with Crippen molar-refractivity contribution in [1.82, 2.24) is 24.8 Å². The van der Waals surface area contributed by atoms with Crippen LogP contribution >= 0.6 is 12.2 Å². The summed E-state index contributed by atoms with van der Waals surface area (Å²) in [4.78, 5) is 24.5. The van der Waals surface area contributed by atoms with Crippen LogP contribution in [0.25, 0.3) is 5.82 Å². The average molecular weight is 539 g/mol. The van der Waals surface area contributed by atoms with Crippen LogP contribution in [0.5, 0.6) is 0 Å². The molecular weight excluding hydrogens is 504 g/mol. The van der Waals surface area contributed by atoms with Crippen molar-refractivity contribution >= 4 is 28.9 Å². The predicted molar refractivity (Wildman–Crippen MR) is 159 cm³/mol. The van der Waals surface area contributed by atoms with Gasteiger partial charge in [-0.2, -0.15) is 0 Å². The Kier molecular flexibility index (Phi) is 7.74. The van der Waals surface area contributed by atoms with Gasteiger partial charge in [0.25, 0.3) is 0 Å². The molecule has 8 heteroatoms. The molecule has 0 bridgehead atoms. The number of hydrogen-bond donors (Lipinski definition) is 2. The summed E-state index contributed by atoms with van der Waals surface area (Å²) in [6.07, 6.45) is 4.81. The number of carbonyl (C=O) groups excluding carboxylic acids is 1. The Morgan fingerprint density at radius 1 is 1.03 bits per heavy atom. The van der Waals surface area contributed by atoms with Crippen LogP contribution in [0.3, 0.4) is 0 Å². The number of aromatic nitrogens is 3. The summed E-state index contributed by atoms with van der Waals surface area (Å²) in [5, 5.41) is 7.22. The first kappa shape index (κ1) is 26.6. The van der Waals surface area contributed by atoms with E-state index < -0.39 is 0 Å². The third-order valence-corrected chi connectivity index (χ3v) is 7.72. The molecule has 1 aliphatic rings. The fraction of sp³-hybridized carbons (Fsp3) is 0.290. The summed E-state index contributed by atoms with van der Waals surface area (Å²) in [5.74, 6) is 0.854. The Morgan fingerprint density at radius 3 is 2.56 bits per heavy atom. The molecule has 0 spiro atoms. The predicted octanol–water partition coefficient (Wildman–Crippen LogP) is 5.76. The Hall–Kier alpha value is -4.04. The fourth-order valence-electron chi connectivity index (χ4n) is 5.45. The summed E-state index contributed by atoms with van der Waals surface area (Å²) in [6.45, 7) is 8.86. The van der Waals surface area contributed by atoms with Crippen LogP contribution < -0.4 is 10.6 Å². The summed E-state index contributed by atoms with van der Waals surface area (Å²) >= 11 is 5.85. The molecule has 1 amide bonds. The number of nitrogens with zero attached hydrogens (tertiary/aromatic N) is 4. The monoisotopic (exact) mass is 538 g/mol. The standard InChI is InChI=1S/C31H34N6OS/c1-5-23-10-6-7-11-25(23)34-28(38)14-17-36-30(29(35-31(36)39)26-12-8-9-15-32-26)24-19-21(3)37(22(24)4)27-18-20(2)13-16-33-27/h6-13,15-16,18-19,29-30H,5,14,17H2,1-4H3,(H,34,38)(H,35,39)/t29-,30-/m1/s1. The molecule has 200 valence electrons. The third kappa shape index (κ3) is 5.43. The molecule has 1 fully saturated rings. The van der Waals surface area contributed by atoms with Gasteiger partial charge in [0.2, 0.25) is 5.91 Å². The number of anilines is 1. The van der Waals surface area contributed by atoms with Gasteiger partial charge in [0.05, 0.1) is 17.8 Å². The van der Waals surface area contributed by atoms with E-state index in [1.807, 2.05) is 54.7 Å². The molecule has 39 heavy (non-hydrogen) atoms. The summed E-state index contributed by atoms with van der Waals surface area (Å²) in [5.41, 5.74) is 7.37. The zero-order chi connectivity index (χ0) is 27.5. The summed E-state index contributed by atoms with van der Waals surface area (Å²) < 4.78 is 2.19. The van der Waals surface area contributed by atoms with E-state index in [1.165, 1.54) is 0 Å². The SMILES string of the molecule is CCc1ccccc1NC(=O)CCN1C(=S)N[C@H](c2ccccn2)[C@H]1c1cc(C)n(-c2cc(C)ccn2)c1C. The number of benzene rings is 1. The molecule has 7 nitrogen and oxygen atoms in total. The van der Waals surface area contributed by atoms with Crippen molar-refractivity contribution < 1.29 is 4.79 Å². The van der Waals surface area contributed by atoms with Gasteiger partial charge >= 0.3 is 0 Å². The van der Waals surface area contributed by atoms with Gasteiger partial charge in [-0.15, -0.1) is 0 Å². The highest BCUT2D eigenvalue weighted by molar-refractivity contribution is 7.80. The van der Waals surface area contributed by atoms with Crippen LogP contribution in [-0.4, -0.2) is 37.0 Å². The first-order chi connectivity index (χ1) is 18.9. The second-order valence-corrected chi connectivity index (χ2v) is 10.4. The smallest absolute Gasteiger partial charge is 0.226 e. The van der Waals surface area contributed by atoms with Crippen molar-refractivity contribution in [2.75, 3.05) is 11.9 Å². The van der Waals surface area contributed by atoms with Gasteiger partial charge in [-0.05, 0) is 92.5 Å². The first-order valence-electron chi connectivity index (χ1n) is 13.3. The maximum Gasteiger partial charge on any atom is 0.226 e. The Balaban J connectivity index is 1.47. The number of pyridine rings is 2. The van der Waals surface area contributed by atoms with Gasteiger partial charge in [-0.25, -0.2) is 4.98 Å². The zero-order valence-corrected chi connectivity index (χ0v) is 23.6. The van der Waals surface area contributed by atoms with Crippen molar-refractivity contribution in [2.24, 2.45) is 0 Å². The van der Waals surface area contributed by atoms with E-state index in [-0.39, 0.29) is 18.0 Å². The molecule has 3 aromatic heterocycles. The minimum Gasteiger partial charge on any atom is -0.352 e. The number of hydrogen-bond acceptors (Lipinski definition) is 4. The molecule has 0 unspecified atom stereocenters. The molecule has 4 aromatic rings. The van der Waals surface area contributed by atoms with E-state index in [0.29, 0.717) is 18.1 Å². The lowest BCUT2D eigenvalue weighted by Crippen LogP contribution is -2.33. The van der Waals surface area contributed by atoms with Crippen LogP contribution in [0.2, 0.25) is 0 Å². The van der Waals surface area contributed by atoms with Gasteiger partial charge in [0.1, 0.15) is 5.82 Å². The lowest BCUT2D eigenvalue weighted by atomic mass is 9.96. The van der Waals surface area contributed by atoms with Crippen LogP contribution in [0.15, 0.2) is 73.1 Å². The normalized spacial score (nSPS) is 16.8. The molecule has 2 N–H and O–H groups in total. The molecule has 1 aromatic carbocycles. The minimum absolute atomic E-state index is 0.0341. The fourth-order valence-corrected chi connectivity index (χ4v) is 5.78. The highest BCUT2D eigenvalue weighted by atomic mass is 32.1. The van der Waals surface area contributed by atoms with E-state index >= 15 is 0 Å². The molecule has 0 saturated carbocycles. The molecular formula is C31H34N6OS. The van der Waals surface area contributed by atoms with E-state index in [0.717, 1.165) is 51.7 Å². The van der Waals surface area contributed by atoms with Gasteiger partial charge < -0.3 is 20.1 Å². The van der Waals surface area contributed by atoms with E-state index in [2.05, 4.69) is 69.9 Å². The maximum absolute atomic E-state index is 13.1. The summed E-state index contributed by atoms with van der Waals surface area (Å²) in [6, 6.07) is 19.9. The molecule has 1 saturated heterocycles. The molecule has 5 rings (SSSR count). The number of nitrogens with one attached hydrogen (secondary N) is 2. The van der Waals surface area contributed by atoms with Gasteiger partial charge in [0.15, 0.2) is 5.11 Å². The van der Waals surface area contributed by atoms with E-state index in [1.54, 1.807) is 6.20 Å². The first-order valence-corrected chi connectivity index (χ1v) is 13.8. The minimum atomic E-state index is -0.151. The molecule has 0 radical (unpaired) electrons. The van der Waals surface area contributed by atoms with Gasteiger partial charge in [-0.3, -0.25) is 9.78 Å². The third-order valence-electron chi connectivity index (χ3n) is 7.37. The van der Waals surface area contributed by atoms with Crippen molar-refractivity contribution in [3.8, 4) is 5.82 Å².